The van der Waals surface area contributed by atoms with Crippen LogP contribution < -0.4 is 21.4 Å². The zero-order valence-corrected chi connectivity index (χ0v) is 16.3. The van der Waals surface area contributed by atoms with Gasteiger partial charge in [0, 0.05) is 26.2 Å². The number of carbonyl (C=O) groups excluding carboxylic acids is 3. The van der Waals surface area contributed by atoms with E-state index in [1.165, 1.54) is 0 Å². The molecule has 0 aliphatic carbocycles. The van der Waals surface area contributed by atoms with Gasteiger partial charge in [0.15, 0.2) is 7.85 Å². The Morgan fingerprint density at radius 3 is 2.37 bits per heavy atom. The lowest BCUT2D eigenvalue weighted by molar-refractivity contribution is -0.132. The van der Waals surface area contributed by atoms with E-state index in [0.29, 0.717) is 6.42 Å². The van der Waals surface area contributed by atoms with Crippen LogP contribution in [0.15, 0.2) is 0 Å². The number of hydrogen-bond acceptors (Lipinski definition) is 7. The molecule has 2 atom stereocenters. The first-order valence-electron chi connectivity index (χ1n) is 9.54. The fourth-order valence-corrected chi connectivity index (χ4v) is 2.96. The van der Waals surface area contributed by atoms with Crippen molar-refractivity contribution in [2.24, 2.45) is 5.92 Å². The van der Waals surface area contributed by atoms with Gasteiger partial charge in [0.1, 0.15) is 12.1 Å². The lowest BCUT2D eigenvalue weighted by Gasteiger charge is -2.27. The van der Waals surface area contributed by atoms with E-state index in [1.54, 1.807) is 13.8 Å². The van der Waals surface area contributed by atoms with Crippen LogP contribution in [0.4, 0.5) is 0 Å². The predicted molar refractivity (Wildman–Crippen MR) is 102 cm³/mol. The van der Waals surface area contributed by atoms with Crippen molar-refractivity contribution in [3.63, 3.8) is 0 Å². The van der Waals surface area contributed by atoms with Gasteiger partial charge in [0.25, 0.3) is 0 Å². The number of rotatable bonds is 12. The Labute approximate surface area is 162 Å². The van der Waals surface area contributed by atoms with E-state index in [4.69, 9.17) is 13.1 Å². The van der Waals surface area contributed by atoms with Crippen LogP contribution in [0, 0.1) is 5.92 Å². The van der Waals surface area contributed by atoms with Crippen LogP contribution in [0.5, 0.6) is 0 Å². The maximum absolute atomic E-state index is 12.3. The Balaban J connectivity index is 2.54. The van der Waals surface area contributed by atoms with E-state index in [0.717, 1.165) is 45.6 Å². The molecule has 0 aromatic carbocycles. The SMILES string of the molecule is [B]C(=O)CNC(=O)[C@H](CCCCN1CCNCC1)NC(=O)[C@@H](NO)C(C)C. The monoisotopic (exact) mass is 381 g/mol. The minimum atomic E-state index is -0.822. The lowest BCUT2D eigenvalue weighted by Crippen LogP contribution is -2.54. The van der Waals surface area contributed by atoms with Gasteiger partial charge in [-0.2, -0.15) is 5.48 Å². The topological polar surface area (TPSA) is 123 Å². The Bertz CT molecular complexity index is 486. The summed E-state index contributed by atoms with van der Waals surface area (Å²) in [5.41, 5.74) is 1.33. The van der Waals surface area contributed by atoms with Gasteiger partial charge in [-0.25, -0.2) is 0 Å². The zero-order chi connectivity index (χ0) is 20.2. The molecule has 1 saturated heterocycles. The highest BCUT2D eigenvalue weighted by Gasteiger charge is 2.27. The van der Waals surface area contributed by atoms with Gasteiger partial charge in [0.2, 0.25) is 11.8 Å². The summed E-state index contributed by atoms with van der Waals surface area (Å²) in [6.07, 6.45) is 2.10. The van der Waals surface area contributed by atoms with Crippen molar-refractivity contribution in [3.8, 4) is 0 Å². The average Bonchev–Trinajstić information content (AvgIpc) is 2.63. The van der Waals surface area contributed by atoms with Crippen LogP contribution in [0.25, 0.3) is 0 Å². The molecule has 1 rings (SSSR count). The van der Waals surface area contributed by atoms with Gasteiger partial charge in [0.05, 0.1) is 12.2 Å². The van der Waals surface area contributed by atoms with Crippen LogP contribution in [0.2, 0.25) is 0 Å². The van der Waals surface area contributed by atoms with E-state index in [9.17, 15) is 14.4 Å². The van der Waals surface area contributed by atoms with Crippen molar-refractivity contribution in [3.05, 3.63) is 0 Å². The smallest absolute Gasteiger partial charge is 0.242 e. The third-order valence-electron chi connectivity index (χ3n) is 4.58. The molecule has 0 aromatic rings. The number of hydroxylamine groups is 1. The first-order valence-corrected chi connectivity index (χ1v) is 9.54. The number of amides is 2. The number of carbonyl (C=O) groups is 3. The van der Waals surface area contributed by atoms with Crippen LogP contribution in [0.3, 0.4) is 0 Å². The number of unbranched alkanes of at least 4 members (excludes halogenated alkanes) is 1. The van der Waals surface area contributed by atoms with Gasteiger partial charge < -0.3 is 30.9 Å². The molecule has 5 N–H and O–H groups in total. The highest BCUT2D eigenvalue weighted by atomic mass is 16.5. The van der Waals surface area contributed by atoms with Crippen molar-refractivity contribution in [2.75, 3.05) is 39.3 Å². The molecule has 1 aliphatic heterocycles. The maximum Gasteiger partial charge on any atom is 0.242 e. The Hall–Kier alpha value is -1.49. The molecule has 10 heteroatoms. The number of nitrogens with zero attached hydrogens (tertiary/aromatic N) is 1. The minimum absolute atomic E-state index is 0.156. The molecule has 152 valence electrons. The van der Waals surface area contributed by atoms with Crippen molar-refractivity contribution in [1.29, 1.82) is 0 Å². The van der Waals surface area contributed by atoms with Gasteiger partial charge in [-0.15, -0.1) is 0 Å². The van der Waals surface area contributed by atoms with Gasteiger partial charge >= 0.3 is 0 Å². The molecule has 27 heavy (non-hydrogen) atoms. The summed E-state index contributed by atoms with van der Waals surface area (Å²) in [5, 5.41) is 17.6. The summed E-state index contributed by atoms with van der Waals surface area (Å²) in [5.74, 6) is -1.07. The molecule has 1 aliphatic rings. The molecular formula is C17H32BN5O4. The molecule has 1 fully saturated rings. The Kier molecular flexibility index (Phi) is 11.2. The van der Waals surface area contributed by atoms with E-state index < -0.39 is 29.6 Å². The number of nitrogens with one attached hydrogen (secondary N) is 4. The second-order valence-corrected chi connectivity index (χ2v) is 7.18. The highest BCUT2D eigenvalue weighted by Crippen LogP contribution is 2.07. The molecule has 0 aromatic heterocycles. The zero-order valence-electron chi connectivity index (χ0n) is 16.3. The molecule has 2 amide bonds. The largest absolute Gasteiger partial charge is 0.348 e. The number of hydrogen-bond donors (Lipinski definition) is 5. The van der Waals surface area contributed by atoms with Crippen molar-refractivity contribution in [1.82, 2.24) is 26.3 Å². The molecule has 0 saturated carbocycles. The average molecular weight is 381 g/mol. The molecule has 1 heterocycles. The predicted octanol–water partition coefficient (Wildman–Crippen LogP) is -1.64. The van der Waals surface area contributed by atoms with Gasteiger partial charge in [-0.1, -0.05) is 13.8 Å². The summed E-state index contributed by atoms with van der Waals surface area (Å²) < 4.78 is 0. The fraction of sp³-hybridized carbons (Fsp3) is 0.824. The van der Waals surface area contributed by atoms with Gasteiger partial charge in [-0.05, 0) is 31.7 Å². The third-order valence-corrected chi connectivity index (χ3v) is 4.58. The molecule has 0 bridgehead atoms. The fourth-order valence-electron chi connectivity index (χ4n) is 2.96. The van der Waals surface area contributed by atoms with Crippen molar-refractivity contribution < 1.29 is 19.6 Å². The first-order chi connectivity index (χ1) is 12.8. The summed E-state index contributed by atoms with van der Waals surface area (Å²) in [7, 11) is 5.06. The van der Waals surface area contributed by atoms with Crippen LogP contribution in [0.1, 0.15) is 33.1 Å². The molecule has 0 spiro atoms. The molecular weight excluding hydrogens is 349 g/mol. The maximum atomic E-state index is 12.3. The van der Waals surface area contributed by atoms with E-state index in [1.807, 2.05) is 5.48 Å². The summed E-state index contributed by atoms with van der Waals surface area (Å²) in [6.45, 7) is 8.22. The quantitative estimate of drug-likeness (QED) is 0.156. The molecule has 9 nitrogen and oxygen atoms in total. The second-order valence-electron chi connectivity index (χ2n) is 7.18. The van der Waals surface area contributed by atoms with Gasteiger partial charge in [-0.3, -0.25) is 9.59 Å². The normalized spacial score (nSPS) is 17.3. The van der Waals surface area contributed by atoms with Crippen molar-refractivity contribution in [2.45, 2.75) is 45.2 Å². The van der Waals surface area contributed by atoms with E-state index in [-0.39, 0.29) is 12.5 Å². The summed E-state index contributed by atoms with van der Waals surface area (Å²) in [4.78, 5) is 37.9. The van der Waals surface area contributed by atoms with Crippen LogP contribution in [-0.4, -0.2) is 86.8 Å². The Morgan fingerprint density at radius 2 is 1.81 bits per heavy atom. The molecule has 2 radical (unpaired) electrons. The summed E-state index contributed by atoms with van der Waals surface area (Å²) >= 11 is 0. The lowest BCUT2D eigenvalue weighted by atomic mass is 10.0. The summed E-state index contributed by atoms with van der Waals surface area (Å²) in [6, 6.07) is -1.60. The third kappa shape index (κ3) is 9.32. The molecule has 0 unspecified atom stereocenters. The minimum Gasteiger partial charge on any atom is -0.348 e. The second kappa shape index (κ2) is 12.8. The van der Waals surface area contributed by atoms with E-state index >= 15 is 0 Å². The standard InChI is InChI=1S/C17H32BN5O4/c1-12(2)15(22-27)17(26)21-13(16(25)20-11-14(18)24)5-3-4-8-23-9-6-19-7-10-23/h12-13,15,19,22,27H,3-11H2,1-2H3,(H,20,25)(H,21,26)/t13-,15-/m0/s1. The van der Waals surface area contributed by atoms with Crippen molar-refractivity contribution >= 4 is 25.3 Å². The van der Waals surface area contributed by atoms with Crippen LogP contribution in [-0.2, 0) is 14.4 Å². The van der Waals surface area contributed by atoms with E-state index in [2.05, 4.69) is 20.9 Å². The van der Waals surface area contributed by atoms with Crippen LogP contribution >= 0.6 is 0 Å². The first kappa shape index (κ1) is 23.6. The Morgan fingerprint density at radius 1 is 1.15 bits per heavy atom. The highest BCUT2D eigenvalue weighted by molar-refractivity contribution is 6.58. The number of piperazine rings is 1.